The molecular weight excluding hydrogens is 410 g/mol. The standard InChI is InChI=1S/C21H21N9O2/c1-12-9-14(7-8-15(12)18(22)32)24-21-23-10-16(20-27-29-30-28-20)19(26-21)25-17(11-31)13-5-3-2-4-6-13/h2-10,17,31H,11H2,1H3,(H2,22,32)(H2,23,24,25,26)(H,27,28,29,30)/t17-/m1/s1. The molecule has 2 aromatic heterocycles. The number of carbonyl (C=O) groups is 1. The predicted octanol–water partition coefficient (Wildman–Crippen LogP) is 1.95. The molecule has 0 unspecified atom stereocenters. The van der Waals surface area contributed by atoms with E-state index < -0.39 is 11.9 Å². The van der Waals surface area contributed by atoms with Crippen LogP contribution in [0.1, 0.15) is 27.5 Å². The van der Waals surface area contributed by atoms with E-state index in [2.05, 4.69) is 41.2 Å². The van der Waals surface area contributed by atoms with Gasteiger partial charge < -0.3 is 21.5 Å². The largest absolute Gasteiger partial charge is 0.394 e. The molecular formula is C21H21N9O2. The Labute approximate surface area is 183 Å². The zero-order valence-electron chi connectivity index (χ0n) is 17.1. The van der Waals surface area contributed by atoms with Crippen molar-refractivity contribution in [2.24, 2.45) is 5.73 Å². The second-order valence-corrected chi connectivity index (χ2v) is 7.00. The summed E-state index contributed by atoms with van der Waals surface area (Å²) >= 11 is 0. The van der Waals surface area contributed by atoms with E-state index in [4.69, 9.17) is 5.73 Å². The first kappa shape index (κ1) is 20.9. The Bertz CT molecular complexity index is 1210. The van der Waals surface area contributed by atoms with Crippen LogP contribution in [-0.4, -0.2) is 48.2 Å². The van der Waals surface area contributed by atoms with Gasteiger partial charge in [0.1, 0.15) is 5.82 Å². The number of primary amides is 1. The van der Waals surface area contributed by atoms with E-state index >= 15 is 0 Å². The SMILES string of the molecule is Cc1cc(Nc2ncc(-c3nn[nH]n3)c(N[C@H](CO)c3ccccc3)n2)ccc1C(N)=O. The minimum absolute atomic E-state index is 0.157. The van der Waals surface area contributed by atoms with Crippen molar-refractivity contribution >= 4 is 23.4 Å². The number of nitrogens with one attached hydrogen (secondary N) is 3. The second kappa shape index (κ2) is 9.18. The lowest BCUT2D eigenvalue weighted by Crippen LogP contribution is -2.17. The van der Waals surface area contributed by atoms with Gasteiger partial charge >= 0.3 is 0 Å². The van der Waals surface area contributed by atoms with Gasteiger partial charge in [0.05, 0.1) is 18.2 Å². The number of aromatic amines is 1. The average molecular weight is 431 g/mol. The highest BCUT2D eigenvalue weighted by atomic mass is 16.3. The fourth-order valence-electron chi connectivity index (χ4n) is 3.22. The lowest BCUT2D eigenvalue weighted by atomic mass is 10.1. The number of hydrogen-bond acceptors (Lipinski definition) is 9. The number of hydrogen-bond donors (Lipinski definition) is 5. The minimum Gasteiger partial charge on any atom is -0.394 e. The van der Waals surface area contributed by atoms with Crippen molar-refractivity contribution in [3.8, 4) is 11.4 Å². The van der Waals surface area contributed by atoms with Crippen molar-refractivity contribution in [1.82, 2.24) is 30.6 Å². The van der Waals surface area contributed by atoms with Gasteiger partial charge in [-0.15, -0.1) is 10.2 Å². The number of aryl methyl sites for hydroxylation is 1. The number of aliphatic hydroxyl groups excluding tert-OH is 1. The summed E-state index contributed by atoms with van der Waals surface area (Å²) in [4.78, 5) is 20.4. The van der Waals surface area contributed by atoms with Crippen LogP contribution in [0, 0.1) is 6.92 Å². The summed E-state index contributed by atoms with van der Waals surface area (Å²) < 4.78 is 0. The molecule has 4 aromatic rings. The quantitative estimate of drug-likeness (QED) is 0.280. The molecule has 32 heavy (non-hydrogen) atoms. The van der Waals surface area contributed by atoms with Gasteiger partial charge in [0.2, 0.25) is 17.7 Å². The average Bonchev–Trinajstić information content (AvgIpc) is 3.33. The number of nitrogens with two attached hydrogens (primary N) is 1. The molecule has 0 radical (unpaired) electrons. The number of rotatable bonds is 8. The van der Waals surface area contributed by atoms with E-state index in [1.54, 1.807) is 31.3 Å². The number of anilines is 3. The molecule has 0 spiro atoms. The predicted molar refractivity (Wildman–Crippen MR) is 118 cm³/mol. The Kier molecular flexibility index (Phi) is 5.99. The third-order valence-corrected chi connectivity index (χ3v) is 4.82. The summed E-state index contributed by atoms with van der Waals surface area (Å²) in [5.74, 6) is 0.538. The van der Waals surface area contributed by atoms with Crippen molar-refractivity contribution in [2.45, 2.75) is 13.0 Å². The van der Waals surface area contributed by atoms with Gasteiger partial charge in [0.15, 0.2) is 0 Å². The van der Waals surface area contributed by atoms with Gasteiger partial charge in [-0.05, 0) is 41.5 Å². The molecule has 2 heterocycles. The molecule has 4 rings (SSSR count). The minimum atomic E-state index is -0.489. The lowest BCUT2D eigenvalue weighted by molar-refractivity contribution is 0.0999. The highest BCUT2D eigenvalue weighted by molar-refractivity contribution is 5.94. The summed E-state index contributed by atoms with van der Waals surface area (Å²) in [7, 11) is 0. The van der Waals surface area contributed by atoms with Crippen LogP contribution in [0.3, 0.4) is 0 Å². The van der Waals surface area contributed by atoms with Crippen molar-refractivity contribution in [2.75, 3.05) is 17.2 Å². The van der Waals surface area contributed by atoms with E-state index in [1.165, 1.54) is 0 Å². The molecule has 0 fully saturated rings. The molecule has 1 atom stereocenters. The molecule has 6 N–H and O–H groups in total. The number of carbonyl (C=O) groups excluding carboxylic acids is 1. The molecule has 0 saturated heterocycles. The third kappa shape index (κ3) is 4.52. The van der Waals surface area contributed by atoms with Crippen LogP contribution in [0.15, 0.2) is 54.7 Å². The number of tetrazole rings is 1. The van der Waals surface area contributed by atoms with Gasteiger partial charge in [0.25, 0.3) is 0 Å². The lowest BCUT2D eigenvalue weighted by Gasteiger charge is -2.19. The van der Waals surface area contributed by atoms with Gasteiger partial charge in [-0.3, -0.25) is 4.79 Å². The zero-order valence-corrected chi connectivity index (χ0v) is 17.1. The molecule has 2 aromatic carbocycles. The van der Waals surface area contributed by atoms with Gasteiger partial charge in [-0.25, -0.2) is 4.98 Å². The monoisotopic (exact) mass is 431 g/mol. The fraction of sp³-hybridized carbons (Fsp3) is 0.143. The summed E-state index contributed by atoms with van der Waals surface area (Å²) in [6.07, 6.45) is 1.56. The normalized spacial score (nSPS) is 11.7. The number of nitrogens with zero attached hydrogens (tertiary/aromatic N) is 5. The van der Waals surface area contributed by atoms with Gasteiger partial charge in [-0.1, -0.05) is 30.3 Å². The number of amides is 1. The van der Waals surface area contributed by atoms with Crippen LogP contribution < -0.4 is 16.4 Å². The maximum atomic E-state index is 11.5. The Balaban J connectivity index is 1.67. The Morgan fingerprint density at radius 2 is 2.03 bits per heavy atom. The number of aliphatic hydroxyl groups is 1. The molecule has 0 aliphatic heterocycles. The fourth-order valence-corrected chi connectivity index (χ4v) is 3.22. The first-order chi connectivity index (χ1) is 15.5. The van der Waals surface area contributed by atoms with Crippen molar-refractivity contribution in [1.29, 1.82) is 0 Å². The van der Waals surface area contributed by atoms with Gasteiger partial charge in [0, 0.05) is 17.4 Å². The summed E-state index contributed by atoms with van der Waals surface area (Å²) in [6.45, 7) is 1.64. The van der Waals surface area contributed by atoms with Crippen LogP contribution in [0.25, 0.3) is 11.4 Å². The van der Waals surface area contributed by atoms with Crippen LogP contribution in [0.4, 0.5) is 17.5 Å². The summed E-state index contributed by atoms with van der Waals surface area (Å²) in [5, 5.41) is 30.3. The molecule has 11 heteroatoms. The number of aromatic nitrogens is 6. The van der Waals surface area contributed by atoms with Crippen molar-refractivity contribution in [3.05, 3.63) is 71.4 Å². The molecule has 1 amide bonds. The first-order valence-corrected chi connectivity index (χ1v) is 9.76. The molecule has 0 aliphatic carbocycles. The molecule has 0 bridgehead atoms. The van der Waals surface area contributed by atoms with Crippen LogP contribution in [0.2, 0.25) is 0 Å². The molecule has 162 valence electrons. The van der Waals surface area contributed by atoms with Crippen LogP contribution in [-0.2, 0) is 0 Å². The Hall–Kier alpha value is -4.38. The van der Waals surface area contributed by atoms with Crippen LogP contribution in [0.5, 0.6) is 0 Å². The summed E-state index contributed by atoms with van der Waals surface area (Å²) in [6, 6.07) is 14.2. The van der Waals surface area contributed by atoms with Gasteiger partial charge in [-0.2, -0.15) is 10.2 Å². The third-order valence-electron chi connectivity index (χ3n) is 4.82. The van der Waals surface area contributed by atoms with Crippen LogP contribution >= 0.6 is 0 Å². The second-order valence-electron chi connectivity index (χ2n) is 7.00. The topological polar surface area (TPSA) is 168 Å². The van der Waals surface area contributed by atoms with E-state index in [0.717, 1.165) is 11.1 Å². The Morgan fingerprint density at radius 3 is 2.69 bits per heavy atom. The van der Waals surface area contributed by atoms with E-state index in [1.807, 2.05) is 30.3 Å². The maximum absolute atomic E-state index is 11.5. The molecule has 11 nitrogen and oxygen atoms in total. The smallest absolute Gasteiger partial charge is 0.248 e. The highest BCUT2D eigenvalue weighted by Crippen LogP contribution is 2.28. The molecule has 0 aliphatic rings. The highest BCUT2D eigenvalue weighted by Gasteiger charge is 2.18. The molecule has 0 saturated carbocycles. The zero-order chi connectivity index (χ0) is 22.5. The number of benzene rings is 2. The maximum Gasteiger partial charge on any atom is 0.248 e. The first-order valence-electron chi connectivity index (χ1n) is 9.76. The number of H-pyrrole nitrogens is 1. The van der Waals surface area contributed by atoms with Crippen molar-refractivity contribution in [3.63, 3.8) is 0 Å². The Morgan fingerprint density at radius 1 is 1.22 bits per heavy atom. The van der Waals surface area contributed by atoms with E-state index in [-0.39, 0.29) is 6.61 Å². The summed E-state index contributed by atoms with van der Waals surface area (Å²) in [5.41, 5.74) is 8.64. The van der Waals surface area contributed by atoms with Crippen molar-refractivity contribution < 1.29 is 9.90 Å². The van der Waals surface area contributed by atoms with E-state index in [9.17, 15) is 9.90 Å². The van der Waals surface area contributed by atoms with E-state index in [0.29, 0.717) is 34.4 Å².